The second-order valence-corrected chi connectivity index (χ2v) is 5.79. The maximum absolute atomic E-state index is 10.2. The summed E-state index contributed by atoms with van der Waals surface area (Å²) in [5, 5.41) is 31.2. The molecule has 0 bridgehead atoms. The van der Waals surface area contributed by atoms with E-state index in [0.717, 1.165) is 37.1 Å². The van der Waals surface area contributed by atoms with Gasteiger partial charge in [-0.3, -0.25) is 4.68 Å². The molecule has 3 aromatic rings. The highest BCUT2D eigenvalue weighted by Crippen LogP contribution is 2.29. The van der Waals surface area contributed by atoms with Crippen molar-refractivity contribution in [2.45, 2.75) is 18.9 Å². The Morgan fingerprint density at radius 3 is 2.96 bits per heavy atom. The van der Waals surface area contributed by atoms with Gasteiger partial charge in [0.2, 0.25) is 0 Å². The van der Waals surface area contributed by atoms with Gasteiger partial charge in [-0.1, -0.05) is 0 Å². The fourth-order valence-corrected chi connectivity index (χ4v) is 3.09. The maximum atomic E-state index is 10.2. The van der Waals surface area contributed by atoms with Crippen molar-refractivity contribution in [3.05, 3.63) is 36.4 Å². The summed E-state index contributed by atoms with van der Waals surface area (Å²) in [6.45, 7) is 1.99. The van der Waals surface area contributed by atoms with Crippen molar-refractivity contribution < 1.29 is 5.11 Å². The highest BCUT2D eigenvalue weighted by atomic mass is 16.3. The van der Waals surface area contributed by atoms with Crippen molar-refractivity contribution in [3.63, 3.8) is 0 Å². The molecule has 1 saturated heterocycles. The van der Waals surface area contributed by atoms with Gasteiger partial charge in [0, 0.05) is 30.1 Å². The van der Waals surface area contributed by atoms with Crippen LogP contribution in [0.1, 0.15) is 24.4 Å². The molecule has 1 atom stereocenters. The lowest BCUT2D eigenvalue weighted by Crippen LogP contribution is -2.31. The number of aromatic nitrogens is 4. The molecule has 0 saturated carbocycles. The Kier molecular flexibility index (Phi) is 3.24. The van der Waals surface area contributed by atoms with Crippen LogP contribution in [0.2, 0.25) is 0 Å². The number of aromatic hydroxyl groups is 1. The van der Waals surface area contributed by atoms with E-state index in [1.165, 1.54) is 10.7 Å². The van der Waals surface area contributed by atoms with Crippen molar-refractivity contribution in [2.75, 3.05) is 13.1 Å². The standard InChI is InChI=1S/C16H16N6O/c17-5-12-6-20-22-9-11(4-15(23)16(12)22)13-7-19-21(10-13)14-2-1-3-18-8-14/h4,6-7,9-10,14,18,23H,1-3,8H2/t14-/m0/s1. The van der Waals surface area contributed by atoms with Crippen LogP contribution in [0.15, 0.2) is 30.9 Å². The Morgan fingerprint density at radius 2 is 2.17 bits per heavy atom. The van der Waals surface area contributed by atoms with Crippen LogP contribution in [0.5, 0.6) is 5.75 Å². The summed E-state index contributed by atoms with van der Waals surface area (Å²) in [5.41, 5.74) is 2.53. The molecule has 0 aliphatic carbocycles. The summed E-state index contributed by atoms with van der Waals surface area (Å²) in [4.78, 5) is 0. The zero-order valence-electron chi connectivity index (χ0n) is 12.5. The second-order valence-electron chi connectivity index (χ2n) is 5.79. The predicted molar refractivity (Wildman–Crippen MR) is 83.9 cm³/mol. The lowest BCUT2D eigenvalue weighted by atomic mass is 10.1. The third-order valence-corrected chi connectivity index (χ3v) is 4.29. The molecule has 7 nitrogen and oxygen atoms in total. The molecule has 2 N–H and O–H groups in total. The molecule has 0 unspecified atom stereocenters. The third-order valence-electron chi connectivity index (χ3n) is 4.29. The number of piperidine rings is 1. The van der Waals surface area contributed by atoms with Crippen molar-refractivity contribution in [1.82, 2.24) is 24.7 Å². The summed E-state index contributed by atoms with van der Waals surface area (Å²) in [6.07, 6.45) is 9.31. The van der Waals surface area contributed by atoms with Crippen LogP contribution in [0.3, 0.4) is 0 Å². The molecule has 1 aliphatic rings. The molecular formula is C16H16N6O. The molecule has 0 spiro atoms. The van der Waals surface area contributed by atoms with E-state index in [-0.39, 0.29) is 5.75 Å². The quantitative estimate of drug-likeness (QED) is 0.752. The SMILES string of the molecule is N#Cc1cnn2cc(-c3cnn([C@H]4CCCNC4)c3)cc(O)c12. The predicted octanol–water partition coefficient (Wildman–Crippen LogP) is 1.70. The first-order valence-corrected chi connectivity index (χ1v) is 7.62. The number of nitrogens with zero attached hydrogens (tertiary/aromatic N) is 5. The monoisotopic (exact) mass is 308 g/mol. The molecular weight excluding hydrogens is 292 g/mol. The minimum Gasteiger partial charge on any atom is -0.506 e. The molecule has 4 rings (SSSR count). The van der Waals surface area contributed by atoms with E-state index in [1.807, 2.05) is 16.9 Å². The van der Waals surface area contributed by atoms with Crippen LogP contribution in [0, 0.1) is 11.3 Å². The zero-order chi connectivity index (χ0) is 15.8. The van der Waals surface area contributed by atoms with E-state index in [4.69, 9.17) is 5.26 Å². The van der Waals surface area contributed by atoms with Gasteiger partial charge < -0.3 is 10.4 Å². The lowest BCUT2D eigenvalue weighted by molar-refractivity contribution is 0.347. The van der Waals surface area contributed by atoms with Crippen LogP contribution in [0.4, 0.5) is 0 Å². The highest BCUT2D eigenvalue weighted by Gasteiger charge is 2.17. The molecule has 4 heterocycles. The number of fused-ring (bicyclic) bond motifs is 1. The summed E-state index contributed by atoms with van der Waals surface area (Å²) in [5.74, 6) is 0.0450. The Bertz CT molecular complexity index is 897. The van der Waals surface area contributed by atoms with Crippen molar-refractivity contribution in [2.24, 2.45) is 0 Å². The minimum absolute atomic E-state index is 0.0450. The maximum Gasteiger partial charge on any atom is 0.143 e. The van der Waals surface area contributed by atoms with Crippen LogP contribution >= 0.6 is 0 Å². The summed E-state index contributed by atoms with van der Waals surface area (Å²) in [6, 6.07) is 4.05. The Hall–Kier alpha value is -2.85. The largest absolute Gasteiger partial charge is 0.506 e. The summed E-state index contributed by atoms with van der Waals surface area (Å²) >= 11 is 0. The molecule has 0 amide bonds. The van der Waals surface area contributed by atoms with Crippen LogP contribution in [-0.4, -0.2) is 37.6 Å². The molecule has 7 heteroatoms. The third kappa shape index (κ3) is 2.33. The van der Waals surface area contributed by atoms with E-state index < -0.39 is 0 Å². The van der Waals surface area contributed by atoms with Gasteiger partial charge in [0.25, 0.3) is 0 Å². The number of hydrogen-bond acceptors (Lipinski definition) is 5. The smallest absolute Gasteiger partial charge is 0.143 e. The molecule has 23 heavy (non-hydrogen) atoms. The van der Waals surface area contributed by atoms with Gasteiger partial charge >= 0.3 is 0 Å². The van der Waals surface area contributed by atoms with Crippen molar-refractivity contribution >= 4 is 5.52 Å². The first-order chi connectivity index (χ1) is 11.3. The first kappa shape index (κ1) is 13.8. The Morgan fingerprint density at radius 1 is 1.26 bits per heavy atom. The molecule has 3 aromatic heterocycles. The minimum atomic E-state index is 0.0450. The molecule has 0 radical (unpaired) electrons. The molecule has 0 aromatic carbocycles. The fourth-order valence-electron chi connectivity index (χ4n) is 3.09. The summed E-state index contributed by atoms with van der Waals surface area (Å²) < 4.78 is 3.51. The average Bonchev–Trinajstić information content (AvgIpc) is 3.22. The van der Waals surface area contributed by atoms with Gasteiger partial charge in [0.05, 0.1) is 18.4 Å². The van der Waals surface area contributed by atoms with Crippen molar-refractivity contribution in [3.8, 4) is 22.9 Å². The van der Waals surface area contributed by atoms with Gasteiger partial charge in [0.1, 0.15) is 22.9 Å². The second kappa shape index (κ2) is 5.41. The number of rotatable bonds is 2. The number of hydrogen-bond donors (Lipinski definition) is 2. The zero-order valence-corrected chi connectivity index (χ0v) is 12.5. The van der Waals surface area contributed by atoms with Crippen molar-refractivity contribution in [1.29, 1.82) is 5.26 Å². The van der Waals surface area contributed by atoms with Gasteiger partial charge in [-0.2, -0.15) is 15.5 Å². The van der Waals surface area contributed by atoms with E-state index in [1.54, 1.807) is 18.5 Å². The van der Waals surface area contributed by atoms with Gasteiger partial charge in [0.15, 0.2) is 0 Å². The Balaban J connectivity index is 1.72. The lowest BCUT2D eigenvalue weighted by Gasteiger charge is -2.22. The van der Waals surface area contributed by atoms with E-state index in [0.29, 0.717) is 17.1 Å². The van der Waals surface area contributed by atoms with Crippen LogP contribution in [0.25, 0.3) is 16.6 Å². The van der Waals surface area contributed by atoms with Crippen LogP contribution in [-0.2, 0) is 0 Å². The van der Waals surface area contributed by atoms with E-state index in [2.05, 4.69) is 15.5 Å². The molecule has 1 aliphatic heterocycles. The van der Waals surface area contributed by atoms with Gasteiger partial charge in [-0.05, 0) is 25.5 Å². The summed E-state index contributed by atoms with van der Waals surface area (Å²) in [7, 11) is 0. The van der Waals surface area contributed by atoms with Crippen LogP contribution < -0.4 is 5.32 Å². The molecule has 1 fully saturated rings. The number of pyridine rings is 1. The highest BCUT2D eigenvalue weighted by molar-refractivity contribution is 5.74. The fraction of sp³-hybridized carbons (Fsp3) is 0.312. The first-order valence-electron chi connectivity index (χ1n) is 7.62. The normalized spacial score (nSPS) is 18.1. The van der Waals surface area contributed by atoms with Gasteiger partial charge in [-0.25, -0.2) is 4.52 Å². The number of nitriles is 1. The molecule has 116 valence electrons. The van der Waals surface area contributed by atoms with Gasteiger partial charge in [-0.15, -0.1) is 0 Å². The Labute approximate surface area is 132 Å². The van der Waals surface area contributed by atoms with E-state index in [9.17, 15) is 5.11 Å². The van der Waals surface area contributed by atoms with E-state index >= 15 is 0 Å². The number of nitrogens with one attached hydrogen (secondary N) is 1. The topological polar surface area (TPSA) is 91.2 Å². The average molecular weight is 308 g/mol.